The Hall–Kier alpha value is -0.920. The zero-order valence-corrected chi connectivity index (χ0v) is 11.2. The van der Waals surface area contributed by atoms with Gasteiger partial charge in [-0.05, 0) is 17.7 Å². The molecule has 8 heteroatoms. The predicted molar refractivity (Wildman–Crippen MR) is 68.6 cm³/mol. The summed E-state index contributed by atoms with van der Waals surface area (Å²) < 4.78 is 23.4. The van der Waals surface area contributed by atoms with Gasteiger partial charge in [-0.15, -0.1) is 0 Å². The second-order valence-corrected chi connectivity index (χ2v) is 7.07. The minimum atomic E-state index is -2.96. The van der Waals surface area contributed by atoms with E-state index in [1.165, 1.54) is 0 Å². The lowest BCUT2D eigenvalue weighted by atomic mass is 10.1. The van der Waals surface area contributed by atoms with Crippen molar-refractivity contribution < 1.29 is 8.42 Å². The maximum atomic E-state index is 11.7. The van der Waals surface area contributed by atoms with E-state index in [9.17, 15) is 8.42 Å². The van der Waals surface area contributed by atoms with Crippen molar-refractivity contribution in [2.24, 2.45) is 0 Å². The topological polar surface area (TPSA) is 75.2 Å². The van der Waals surface area contributed by atoms with Crippen LogP contribution in [0.15, 0.2) is 12.3 Å². The first-order valence-electron chi connectivity index (χ1n) is 5.74. The molecule has 0 bridgehead atoms. The zero-order chi connectivity index (χ0) is 12.8. The van der Waals surface area contributed by atoms with Crippen molar-refractivity contribution in [2.75, 3.05) is 29.5 Å². The molecular formula is C10H13ClN4O2S. The Morgan fingerprint density at radius 1 is 1.44 bits per heavy atom. The summed E-state index contributed by atoms with van der Waals surface area (Å²) in [7, 11) is -2.96. The van der Waals surface area contributed by atoms with Gasteiger partial charge in [0.25, 0.3) is 0 Å². The number of fused-ring (bicyclic) bond motifs is 1. The number of rotatable bonds is 1. The number of halogens is 1. The molecule has 0 aliphatic carbocycles. The van der Waals surface area contributed by atoms with Crippen molar-refractivity contribution >= 4 is 27.3 Å². The Morgan fingerprint density at radius 3 is 3.06 bits per heavy atom. The minimum absolute atomic E-state index is 0.0162. The molecule has 2 saturated heterocycles. The molecule has 1 N–H and O–H groups in total. The van der Waals surface area contributed by atoms with Crippen LogP contribution in [0.25, 0.3) is 0 Å². The summed E-state index contributed by atoms with van der Waals surface area (Å²) >= 11 is 5.78. The first kappa shape index (κ1) is 12.1. The van der Waals surface area contributed by atoms with Crippen LogP contribution in [0.1, 0.15) is 0 Å². The summed E-state index contributed by atoms with van der Waals surface area (Å²) in [5, 5.41) is 3.44. The standard InChI is InChI=1S/C10H13ClN4O2S/c11-10-13-2-1-9(14-10)15-4-3-12-7-5-18(16,17)6-8(7)15/h1-2,7-8,12H,3-6H2. The molecular weight excluding hydrogens is 276 g/mol. The van der Waals surface area contributed by atoms with Crippen LogP contribution >= 0.6 is 11.6 Å². The van der Waals surface area contributed by atoms with E-state index >= 15 is 0 Å². The normalized spacial score (nSPS) is 30.2. The van der Waals surface area contributed by atoms with Crippen LogP contribution in [0.2, 0.25) is 5.28 Å². The Kier molecular flexibility index (Phi) is 2.91. The maximum Gasteiger partial charge on any atom is 0.224 e. The van der Waals surface area contributed by atoms with Gasteiger partial charge in [0.1, 0.15) is 5.82 Å². The summed E-state index contributed by atoms with van der Waals surface area (Å²) in [6.07, 6.45) is 1.59. The van der Waals surface area contributed by atoms with E-state index in [2.05, 4.69) is 15.3 Å². The van der Waals surface area contributed by atoms with E-state index < -0.39 is 9.84 Å². The van der Waals surface area contributed by atoms with E-state index in [0.717, 1.165) is 13.1 Å². The highest BCUT2D eigenvalue weighted by Crippen LogP contribution is 2.25. The SMILES string of the molecule is O=S1(=O)CC2NCCN(c3ccnc(Cl)n3)C2C1. The number of aromatic nitrogens is 2. The Labute approximate surface area is 110 Å². The molecule has 0 radical (unpaired) electrons. The molecule has 2 fully saturated rings. The number of piperazine rings is 1. The molecule has 1 aromatic heterocycles. The lowest BCUT2D eigenvalue weighted by Gasteiger charge is -2.38. The predicted octanol–water partition coefficient (Wildman–Crippen LogP) is -0.295. The molecule has 2 unspecified atom stereocenters. The summed E-state index contributed by atoms with van der Waals surface area (Å²) in [5.41, 5.74) is 0. The number of hydrogen-bond acceptors (Lipinski definition) is 6. The average molecular weight is 289 g/mol. The molecule has 0 aromatic carbocycles. The van der Waals surface area contributed by atoms with Crippen molar-refractivity contribution in [1.82, 2.24) is 15.3 Å². The van der Waals surface area contributed by atoms with Crippen LogP contribution in [0.5, 0.6) is 0 Å². The van der Waals surface area contributed by atoms with Crippen molar-refractivity contribution in [3.63, 3.8) is 0 Å². The third-order valence-electron chi connectivity index (χ3n) is 3.39. The van der Waals surface area contributed by atoms with Crippen molar-refractivity contribution in [3.05, 3.63) is 17.5 Å². The van der Waals surface area contributed by atoms with E-state index in [4.69, 9.17) is 11.6 Å². The van der Waals surface area contributed by atoms with Crippen LogP contribution < -0.4 is 10.2 Å². The largest absolute Gasteiger partial charge is 0.350 e. The number of anilines is 1. The second kappa shape index (κ2) is 4.32. The highest BCUT2D eigenvalue weighted by molar-refractivity contribution is 7.91. The fraction of sp³-hybridized carbons (Fsp3) is 0.600. The quantitative estimate of drug-likeness (QED) is 0.716. The highest BCUT2D eigenvalue weighted by atomic mass is 35.5. The molecule has 1 aromatic rings. The third-order valence-corrected chi connectivity index (χ3v) is 5.29. The molecule has 3 heterocycles. The van der Waals surface area contributed by atoms with Gasteiger partial charge in [-0.1, -0.05) is 0 Å². The average Bonchev–Trinajstić information content (AvgIpc) is 2.62. The van der Waals surface area contributed by atoms with Gasteiger partial charge in [0, 0.05) is 25.3 Å². The Balaban J connectivity index is 1.93. The second-order valence-electron chi connectivity index (χ2n) is 4.58. The van der Waals surface area contributed by atoms with Gasteiger partial charge in [-0.3, -0.25) is 0 Å². The van der Waals surface area contributed by atoms with E-state index in [-0.39, 0.29) is 28.9 Å². The lowest BCUT2D eigenvalue weighted by Crippen LogP contribution is -2.57. The minimum Gasteiger partial charge on any atom is -0.350 e. The van der Waals surface area contributed by atoms with Crippen molar-refractivity contribution in [2.45, 2.75) is 12.1 Å². The molecule has 6 nitrogen and oxygen atoms in total. The Bertz CT molecular complexity index is 565. The molecule has 3 rings (SSSR count). The van der Waals surface area contributed by atoms with E-state index in [0.29, 0.717) is 5.82 Å². The summed E-state index contributed by atoms with van der Waals surface area (Å²) in [6, 6.07) is 1.69. The first-order chi connectivity index (χ1) is 8.55. The van der Waals surface area contributed by atoms with E-state index in [1.807, 2.05) is 4.90 Å². The molecule has 2 aliphatic heterocycles. The van der Waals surface area contributed by atoms with Crippen LogP contribution in [-0.4, -0.2) is 55.1 Å². The number of sulfone groups is 1. The van der Waals surface area contributed by atoms with Crippen LogP contribution in [0.3, 0.4) is 0 Å². The van der Waals surface area contributed by atoms with E-state index in [1.54, 1.807) is 12.3 Å². The number of nitrogens with one attached hydrogen (secondary N) is 1. The fourth-order valence-electron chi connectivity index (χ4n) is 2.64. The molecule has 0 saturated carbocycles. The summed E-state index contributed by atoms with van der Waals surface area (Å²) in [5.74, 6) is 1.07. The van der Waals surface area contributed by atoms with Crippen molar-refractivity contribution in [1.29, 1.82) is 0 Å². The molecule has 98 valence electrons. The molecule has 18 heavy (non-hydrogen) atoms. The molecule has 2 atom stereocenters. The highest BCUT2D eigenvalue weighted by Gasteiger charge is 2.43. The number of nitrogens with zero attached hydrogens (tertiary/aromatic N) is 3. The van der Waals surface area contributed by atoms with Crippen molar-refractivity contribution in [3.8, 4) is 0 Å². The van der Waals surface area contributed by atoms with Gasteiger partial charge >= 0.3 is 0 Å². The summed E-state index contributed by atoms with van der Waals surface area (Å²) in [4.78, 5) is 10.0. The van der Waals surface area contributed by atoms with Gasteiger partial charge in [0.15, 0.2) is 9.84 Å². The van der Waals surface area contributed by atoms with Gasteiger partial charge in [0.2, 0.25) is 5.28 Å². The van der Waals surface area contributed by atoms with Crippen LogP contribution in [0, 0.1) is 0 Å². The lowest BCUT2D eigenvalue weighted by molar-refractivity contribution is 0.422. The zero-order valence-electron chi connectivity index (χ0n) is 9.58. The molecule has 0 amide bonds. The van der Waals surface area contributed by atoms with Gasteiger partial charge in [-0.2, -0.15) is 0 Å². The third kappa shape index (κ3) is 2.17. The fourth-order valence-corrected chi connectivity index (χ4v) is 4.74. The molecule has 0 spiro atoms. The summed E-state index contributed by atoms with van der Waals surface area (Å²) in [6.45, 7) is 1.47. The van der Waals surface area contributed by atoms with Crippen LogP contribution in [0.4, 0.5) is 5.82 Å². The molecule has 2 aliphatic rings. The van der Waals surface area contributed by atoms with Gasteiger partial charge < -0.3 is 10.2 Å². The van der Waals surface area contributed by atoms with Gasteiger partial charge in [0.05, 0.1) is 17.5 Å². The smallest absolute Gasteiger partial charge is 0.224 e. The first-order valence-corrected chi connectivity index (χ1v) is 7.94. The maximum absolute atomic E-state index is 11.7. The Morgan fingerprint density at radius 2 is 2.28 bits per heavy atom. The number of hydrogen-bond donors (Lipinski definition) is 1. The monoisotopic (exact) mass is 288 g/mol. The van der Waals surface area contributed by atoms with Gasteiger partial charge in [-0.25, -0.2) is 18.4 Å². The van der Waals surface area contributed by atoms with Crippen LogP contribution in [-0.2, 0) is 9.84 Å².